The zero-order valence-corrected chi connectivity index (χ0v) is 15.0. The lowest BCUT2D eigenvalue weighted by molar-refractivity contribution is -0.133. The fourth-order valence-electron chi connectivity index (χ4n) is 2.97. The molecular formula is C20H28N2O2. The van der Waals surface area contributed by atoms with Crippen molar-refractivity contribution >= 4 is 17.9 Å². The van der Waals surface area contributed by atoms with E-state index in [-0.39, 0.29) is 17.7 Å². The van der Waals surface area contributed by atoms with Crippen molar-refractivity contribution in [2.24, 2.45) is 5.92 Å². The topological polar surface area (TPSA) is 49.4 Å². The van der Waals surface area contributed by atoms with Crippen LogP contribution < -0.4 is 5.32 Å². The first kappa shape index (κ1) is 18.2. The predicted octanol–water partition coefficient (Wildman–Crippen LogP) is 3.08. The Kier molecular flexibility index (Phi) is 6.59. The van der Waals surface area contributed by atoms with Crippen LogP contribution in [-0.4, -0.2) is 36.3 Å². The Morgan fingerprint density at radius 2 is 1.92 bits per heavy atom. The van der Waals surface area contributed by atoms with Crippen LogP contribution in [0.25, 0.3) is 6.08 Å². The van der Waals surface area contributed by atoms with Gasteiger partial charge in [-0.2, -0.15) is 0 Å². The largest absolute Gasteiger partial charge is 0.356 e. The molecule has 0 aromatic heterocycles. The van der Waals surface area contributed by atoms with Gasteiger partial charge in [0.25, 0.3) is 0 Å². The number of benzene rings is 1. The molecule has 1 aliphatic heterocycles. The van der Waals surface area contributed by atoms with Crippen molar-refractivity contribution in [2.45, 2.75) is 40.0 Å². The molecule has 1 heterocycles. The van der Waals surface area contributed by atoms with Gasteiger partial charge in [-0.05, 0) is 49.8 Å². The van der Waals surface area contributed by atoms with E-state index in [1.807, 2.05) is 4.90 Å². The van der Waals surface area contributed by atoms with Crippen LogP contribution in [-0.2, 0) is 9.59 Å². The Balaban J connectivity index is 1.68. The highest BCUT2D eigenvalue weighted by molar-refractivity contribution is 5.79. The smallest absolute Gasteiger partial charge is 0.223 e. The molecule has 0 saturated carbocycles. The molecule has 0 bridgehead atoms. The van der Waals surface area contributed by atoms with Gasteiger partial charge in [0.2, 0.25) is 11.8 Å². The van der Waals surface area contributed by atoms with Gasteiger partial charge < -0.3 is 10.2 Å². The summed E-state index contributed by atoms with van der Waals surface area (Å²) in [5.74, 6) is 0.271. The maximum absolute atomic E-state index is 12.2. The zero-order valence-electron chi connectivity index (χ0n) is 15.0. The number of carbonyl (C=O) groups excluding carboxylic acids is 2. The van der Waals surface area contributed by atoms with Crippen molar-refractivity contribution < 1.29 is 9.59 Å². The third-order valence-electron chi connectivity index (χ3n) is 4.76. The number of carbonyl (C=O) groups is 2. The number of piperidine rings is 1. The maximum atomic E-state index is 12.2. The average Bonchev–Trinajstić information content (AvgIpc) is 2.57. The van der Waals surface area contributed by atoms with E-state index in [2.05, 4.69) is 49.5 Å². The second-order valence-electron chi connectivity index (χ2n) is 6.61. The Hall–Kier alpha value is -2.10. The summed E-state index contributed by atoms with van der Waals surface area (Å²) in [5.41, 5.74) is 3.79. The third kappa shape index (κ3) is 5.22. The third-order valence-corrected chi connectivity index (χ3v) is 4.76. The summed E-state index contributed by atoms with van der Waals surface area (Å²) in [6.07, 6.45) is 6.56. The normalized spacial score (nSPS) is 15.7. The van der Waals surface area contributed by atoms with Crippen LogP contribution >= 0.6 is 0 Å². The number of nitrogens with zero attached hydrogens (tertiary/aromatic N) is 1. The molecule has 1 N–H and O–H groups in total. The number of hydrogen-bond acceptors (Lipinski definition) is 2. The predicted molar refractivity (Wildman–Crippen MR) is 97.6 cm³/mol. The highest BCUT2D eigenvalue weighted by Gasteiger charge is 2.25. The number of nitrogens with one attached hydrogen (secondary N) is 1. The van der Waals surface area contributed by atoms with E-state index in [1.165, 1.54) is 16.7 Å². The summed E-state index contributed by atoms with van der Waals surface area (Å²) in [4.78, 5) is 25.3. The SMILES string of the molecule is CC(=O)N1CCC(C(=O)NCC/C=C/c2ccc(C)c(C)c2)CC1. The molecule has 24 heavy (non-hydrogen) atoms. The first-order chi connectivity index (χ1) is 11.5. The summed E-state index contributed by atoms with van der Waals surface area (Å²) in [6.45, 7) is 7.86. The van der Waals surface area contributed by atoms with Gasteiger partial charge in [-0.25, -0.2) is 0 Å². The van der Waals surface area contributed by atoms with Crippen molar-refractivity contribution in [1.82, 2.24) is 10.2 Å². The molecule has 1 saturated heterocycles. The molecule has 0 aliphatic carbocycles. The van der Waals surface area contributed by atoms with Crippen molar-refractivity contribution in [1.29, 1.82) is 0 Å². The van der Waals surface area contributed by atoms with Crippen molar-refractivity contribution in [2.75, 3.05) is 19.6 Å². The van der Waals surface area contributed by atoms with E-state index < -0.39 is 0 Å². The Bertz CT molecular complexity index is 614. The van der Waals surface area contributed by atoms with Crippen molar-refractivity contribution in [3.8, 4) is 0 Å². The molecule has 1 fully saturated rings. The Morgan fingerprint density at radius 3 is 2.54 bits per heavy atom. The summed E-state index contributed by atoms with van der Waals surface area (Å²) >= 11 is 0. The van der Waals surface area contributed by atoms with Crippen LogP contribution in [0.3, 0.4) is 0 Å². The lowest BCUT2D eigenvalue weighted by Gasteiger charge is -2.30. The van der Waals surface area contributed by atoms with E-state index >= 15 is 0 Å². The van der Waals surface area contributed by atoms with E-state index in [1.54, 1.807) is 6.92 Å². The van der Waals surface area contributed by atoms with Crippen LogP contribution in [0.5, 0.6) is 0 Å². The zero-order chi connectivity index (χ0) is 17.5. The maximum Gasteiger partial charge on any atom is 0.223 e. The molecule has 1 aromatic rings. The molecule has 0 spiro atoms. The van der Waals surface area contributed by atoms with Gasteiger partial charge in [-0.3, -0.25) is 9.59 Å². The van der Waals surface area contributed by atoms with Crippen molar-refractivity contribution in [3.05, 3.63) is 41.0 Å². The minimum absolute atomic E-state index is 0.0457. The summed E-state index contributed by atoms with van der Waals surface area (Å²) in [7, 11) is 0. The Morgan fingerprint density at radius 1 is 1.21 bits per heavy atom. The summed E-state index contributed by atoms with van der Waals surface area (Å²) in [6, 6.07) is 6.41. The fraction of sp³-hybridized carbons (Fsp3) is 0.500. The average molecular weight is 328 g/mol. The van der Waals surface area contributed by atoms with Crippen LogP contribution in [0.15, 0.2) is 24.3 Å². The number of likely N-dealkylation sites (tertiary alicyclic amines) is 1. The number of hydrogen-bond donors (Lipinski definition) is 1. The van der Waals surface area contributed by atoms with Gasteiger partial charge in [-0.1, -0.05) is 30.4 Å². The quantitative estimate of drug-likeness (QED) is 0.845. The minimum atomic E-state index is 0.0457. The molecule has 0 atom stereocenters. The lowest BCUT2D eigenvalue weighted by atomic mass is 9.96. The van der Waals surface area contributed by atoms with Crippen LogP contribution in [0.4, 0.5) is 0 Å². The van der Waals surface area contributed by atoms with E-state index in [0.717, 1.165) is 19.3 Å². The first-order valence-corrected chi connectivity index (χ1v) is 8.74. The van der Waals surface area contributed by atoms with Gasteiger partial charge in [0.15, 0.2) is 0 Å². The molecule has 130 valence electrons. The van der Waals surface area contributed by atoms with Crippen LogP contribution in [0.2, 0.25) is 0 Å². The van der Waals surface area contributed by atoms with Gasteiger partial charge in [0.05, 0.1) is 0 Å². The van der Waals surface area contributed by atoms with Gasteiger partial charge >= 0.3 is 0 Å². The second kappa shape index (κ2) is 8.67. The molecule has 4 heteroatoms. The summed E-state index contributed by atoms with van der Waals surface area (Å²) < 4.78 is 0. The van der Waals surface area contributed by atoms with Gasteiger partial charge in [-0.15, -0.1) is 0 Å². The second-order valence-corrected chi connectivity index (χ2v) is 6.61. The molecule has 1 aromatic carbocycles. The molecule has 0 radical (unpaired) electrons. The summed E-state index contributed by atoms with van der Waals surface area (Å²) in [5, 5.41) is 3.01. The number of aryl methyl sites for hydroxylation is 2. The fourth-order valence-corrected chi connectivity index (χ4v) is 2.97. The van der Waals surface area contributed by atoms with Crippen molar-refractivity contribution in [3.63, 3.8) is 0 Å². The number of amides is 2. The van der Waals surface area contributed by atoms with Gasteiger partial charge in [0.1, 0.15) is 0 Å². The molecule has 4 nitrogen and oxygen atoms in total. The highest BCUT2D eigenvalue weighted by atomic mass is 16.2. The van der Waals surface area contributed by atoms with E-state index in [4.69, 9.17) is 0 Å². The monoisotopic (exact) mass is 328 g/mol. The number of rotatable bonds is 5. The van der Waals surface area contributed by atoms with E-state index in [0.29, 0.717) is 19.6 Å². The first-order valence-electron chi connectivity index (χ1n) is 8.74. The minimum Gasteiger partial charge on any atom is -0.356 e. The Labute approximate surface area is 144 Å². The van der Waals surface area contributed by atoms with Crippen LogP contribution in [0, 0.1) is 19.8 Å². The lowest BCUT2D eigenvalue weighted by Crippen LogP contribution is -2.42. The molecule has 1 aliphatic rings. The highest BCUT2D eigenvalue weighted by Crippen LogP contribution is 2.17. The molecule has 2 rings (SSSR count). The molecular weight excluding hydrogens is 300 g/mol. The van der Waals surface area contributed by atoms with Gasteiger partial charge in [0, 0.05) is 32.5 Å². The van der Waals surface area contributed by atoms with Crippen LogP contribution in [0.1, 0.15) is 42.9 Å². The molecule has 2 amide bonds. The van der Waals surface area contributed by atoms with E-state index in [9.17, 15) is 9.59 Å². The molecule has 0 unspecified atom stereocenters. The standard InChI is InChI=1S/C20H28N2O2/c1-15-7-8-18(14-16(15)2)6-4-5-11-21-20(24)19-9-12-22(13-10-19)17(3)23/h4,6-8,14,19H,5,9-13H2,1-3H3,(H,21,24)/b6-4+.